The molecule has 6 nitrogen and oxygen atoms in total. The van der Waals surface area contributed by atoms with Gasteiger partial charge in [0.25, 0.3) is 5.56 Å². The molecule has 3 aromatic rings. The largest absolute Gasteiger partial charge is 0.496 e. The summed E-state index contributed by atoms with van der Waals surface area (Å²) in [6.45, 7) is 0.552. The van der Waals surface area contributed by atoms with Crippen LogP contribution in [0.1, 0.15) is 12.0 Å². The predicted octanol–water partition coefficient (Wildman–Crippen LogP) is 3.77. The number of para-hydroxylation sites is 1. The van der Waals surface area contributed by atoms with Gasteiger partial charge in [0, 0.05) is 37.1 Å². The number of benzene rings is 2. The van der Waals surface area contributed by atoms with Crippen molar-refractivity contribution < 1.29 is 9.53 Å². The molecule has 0 aliphatic carbocycles. The third-order valence-corrected chi connectivity index (χ3v) is 5.07. The molecule has 3 rings (SSSR count). The summed E-state index contributed by atoms with van der Waals surface area (Å²) in [4.78, 5) is 29.9. The molecule has 146 valence electrons. The van der Waals surface area contributed by atoms with Crippen molar-refractivity contribution in [3.8, 4) is 5.75 Å². The first-order valence-corrected chi connectivity index (χ1v) is 9.47. The zero-order chi connectivity index (χ0) is 20.3. The summed E-state index contributed by atoms with van der Waals surface area (Å²) in [5, 5.41) is 1.12. The maximum atomic E-state index is 12.7. The number of carbonyl (C=O) groups excluding carboxylic acids is 1. The smallest absolute Gasteiger partial charge is 0.262 e. The van der Waals surface area contributed by atoms with Crippen molar-refractivity contribution in [1.29, 1.82) is 0 Å². The molecule has 0 fully saturated rings. The highest BCUT2D eigenvalue weighted by Crippen LogP contribution is 2.24. The van der Waals surface area contributed by atoms with Crippen molar-refractivity contribution in [2.75, 3.05) is 14.2 Å². The lowest BCUT2D eigenvalue weighted by Gasteiger charge is -2.19. The molecule has 28 heavy (non-hydrogen) atoms. The van der Waals surface area contributed by atoms with E-state index in [0.29, 0.717) is 33.0 Å². The molecule has 1 heterocycles. The SMILES string of the molecule is COc1ccc(Cl)cc1CN(C)C(=O)CCn1c(=S)[nH]c2ccccc2c1=O. The second-order valence-corrected chi connectivity index (χ2v) is 7.21. The molecule has 0 aliphatic rings. The van der Waals surface area contributed by atoms with Crippen molar-refractivity contribution >= 4 is 40.6 Å². The summed E-state index contributed by atoms with van der Waals surface area (Å²) >= 11 is 11.3. The Labute approximate surface area is 172 Å². The van der Waals surface area contributed by atoms with Crippen molar-refractivity contribution in [2.45, 2.75) is 19.5 Å². The van der Waals surface area contributed by atoms with Crippen LogP contribution < -0.4 is 10.3 Å². The van der Waals surface area contributed by atoms with E-state index in [1.165, 1.54) is 4.57 Å². The van der Waals surface area contributed by atoms with E-state index in [9.17, 15) is 9.59 Å². The Hall–Kier alpha value is -2.64. The van der Waals surface area contributed by atoms with Gasteiger partial charge in [-0.2, -0.15) is 0 Å². The quantitative estimate of drug-likeness (QED) is 0.620. The third kappa shape index (κ3) is 4.26. The number of halogens is 1. The van der Waals surface area contributed by atoms with E-state index in [1.807, 2.05) is 6.07 Å². The first-order valence-electron chi connectivity index (χ1n) is 8.69. The van der Waals surface area contributed by atoms with Gasteiger partial charge in [0.15, 0.2) is 4.77 Å². The van der Waals surface area contributed by atoms with Crippen molar-refractivity contribution in [2.24, 2.45) is 0 Å². The zero-order valence-electron chi connectivity index (χ0n) is 15.6. The predicted molar refractivity (Wildman–Crippen MR) is 112 cm³/mol. The molecule has 1 amide bonds. The Bertz CT molecular complexity index is 1140. The number of hydrogen-bond donors (Lipinski definition) is 1. The van der Waals surface area contributed by atoms with Gasteiger partial charge in [-0.1, -0.05) is 23.7 Å². The van der Waals surface area contributed by atoms with Crippen LogP contribution in [-0.2, 0) is 17.9 Å². The van der Waals surface area contributed by atoms with Crippen LogP contribution in [0.2, 0.25) is 5.02 Å². The first kappa shape index (κ1) is 20.1. The number of hydrogen-bond acceptors (Lipinski definition) is 4. The Kier molecular flexibility index (Phi) is 6.16. The van der Waals surface area contributed by atoms with Crippen LogP contribution in [0.15, 0.2) is 47.3 Å². The highest BCUT2D eigenvalue weighted by atomic mass is 35.5. The molecule has 1 N–H and O–H groups in total. The molecule has 0 bridgehead atoms. The van der Waals surface area contributed by atoms with E-state index < -0.39 is 0 Å². The molecule has 0 atom stereocenters. The summed E-state index contributed by atoms with van der Waals surface area (Å²) in [6.07, 6.45) is 0.148. The second kappa shape index (κ2) is 8.58. The number of aromatic nitrogens is 2. The van der Waals surface area contributed by atoms with E-state index in [0.717, 1.165) is 5.56 Å². The number of aromatic amines is 1. The Balaban J connectivity index is 1.74. The maximum Gasteiger partial charge on any atom is 0.262 e. The van der Waals surface area contributed by atoms with Gasteiger partial charge < -0.3 is 14.6 Å². The third-order valence-electron chi connectivity index (χ3n) is 4.51. The van der Waals surface area contributed by atoms with E-state index in [4.69, 9.17) is 28.6 Å². The summed E-state index contributed by atoms with van der Waals surface area (Å²) in [5.41, 5.74) is 1.29. The number of nitrogens with zero attached hydrogens (tertiary/aromatic N) is 2. The lowest BCUT2D eigenvalue weighted by Crippen LogP contribution is -2.30. The monoisotopic (exact) mass is 417 g/mol. The maximum absolute atomic E-state index is 12.7. The fraction of sp³-hybridized carbons (Fsp3) is 0.250. The van der Waals surface area contributed by atoms with Crippen molar-refractivity contribution in [1.82, 2.24) is 14.5 Å². The molecular formula is C20H20ClN3O3S. The average Bonchev–Trinajstić information content (AvgIpc) is 2.67. The number of nitrogens with one attached hydrogen (secondary N) is 1. The van der Waals surface area contributed by atoms with E-state index in [-0.39, 0.29) is 24.4 Å². The number of carbonyl (C=O) groups is 1. The molecule has 2 aromatic carbocycles. The summed E-state index contributed by atoms with van der Waals surface area (Å²) < 4.78 is 7.04. The van der Waals surface area contributed by atoms with Crippen LogP contribution in [-0.4, -0.2) is 34.5 Å². The topological polar surface area (TPSA) is 67.3 Å². The molecule has 8 heteroatoms. The van der Waals surface area contributed by atoms with E-state index >= 15 is 0 Å². The summed E-state index contributed by atoms with van der Waals surface area (Å²) in [5.74, 6) is 0.550. The van der Waals surface area contributed by atoms with Gasteiger partial charge in [-0.15, -0.1) is 0 Å². The second-order valence-electron chi connectivity index (χ2n) is 6.39. The van der Waals surface area contributed by atoms with Gasteiger partial charge in [-0.25, -0.2) is 0 Å². The lowest BCUT2D eigenvalue weighted by molar-refractivity contribution is -0.130. The lowest BCUT2D eigenvalue weighted by atomic mass is 10.2. The average molecular weight is 418 g/mol. The number of methoxy groups -OCH3 is 1. The Morgan fingerprint density at radius 2 is 2.04 bits per heavy atom. The highest BCUT2D eigenvalue weighted by molar-refractivity contribution is 7.71. The molecule has 0 spiro atoms. The van der Waals surface area contributed by atoms with Crippen LogP contribution in [0, 0.1) is 4.77 Å². The minimum atomic E-state index is -0.202. The number of rotatable bonds is 6. The standard InChI is InChI=1S/C20H20ClN3O3S/c1-23(12-13-11-14(21)7-8-17(13)27-2)18(25)9-10-24-19(26)15-5-3-4-6-16(15)22-20(24)28/h3-8,11H,9-10,12H2,1-2H3,(H,22,28). The normalized spacial score (nSPS) is 10.8. The Morgan fingerprint density at radius 3 is 2.79 bits per heavy atom. The number of amides is 1. The van der Waals surface area contributed by atoms with Gasteiger partial charge in [-0.05, 0) is 42.5 Å². The highest BCUT2D eigenvalue weighted by Gasteiger charge is 2.14. The summed E-state index contributed by atoms with van der Waals surface area (Å²) in [6, 6.07) is 12.4. The van der Waals surface area contributed by atoms with Crippen LogP contribution in [0.4, 0.5) is 0 Å². The minimum absolute atomic E-state index is 0.114. The van der Waals surface area contributed by atoms with Crippen molar-refractivity contribution in [3.63, 3.8) is 0 Å². The van der Waals surface area contributed by atoms with E-state index in [2.05, 4.69) is 4.98 Å². The molecular weight excluding hydrogens is 398 g/mol. The minimum Gasteiger partial charge on any atom is -0.496 e. The Morgan fingerprint density at radius 1 is 1.29 bits per heavy atom. The fourth-order valence-corrected chi connectivity index (χ4v) is 3.49. The van der Waals surface area contributed by atoms with Gasteiger partial charge >= 0.3 is 0 Å². The number of fused-ring (bicyclic) bond motifs is 1. The fourth-order valence-electron chi connectivity index (χ4n) is 3.01. The number of H-pyrrole nitrogens is 1. The molecule has 1 aromatic heterocycles. The zero-order valence-corrected chi connectivity index (χ0v) is 17.1. The van der Waals surface area contributed by atoms with Gasteiger partial charge in [0.1, 0.15) is 5.75 Å². The van der Waals surface area contributed by atoms with Gasteiger partial charge in [0.05, 0.1) is 18.0 Å². The van der Waals surface area contributed by atoms with Crippen LogP contribution >= 0.6 is 23.8 Å². The van der Waals surface area contributed by atoms with Gasteiger partial charge in [-0.3, -0.25) is 14.2 Å². The first-order chi connectivity index (χ1) is 13.4. The number of ether oxygens (including phenoxy) is 1. The van der Waals surface area contributed by atoms with Gasteiger partial charge in [0.2, 0.25) is 5.91 Å². The van der Waals surface area contributed by atoms with Crippen LogP contribution in [0.3, 0.4) is 0 Å². The molecule has 0 aliphatic heterocycles. The summed E-state index contributed by atoms with van der Waals surface area (Å²) in [7, 11) is 3.27. The molecule has 0 unspecified atom stereocenters. The van der Waals surface area contributed by atoms with Crippen molar-refractivity contribution in [3.05, 3.63) is 68.2 Å². The molecule has 0 radical (unpaired) electrons. The molecule has 0 saturated heterocycles. The van der Waals surface area contributed by atoms with Crippen LogP contribution in [0.25, 0.3) is 10.9 Å². The van der Waals surface area contributed by atoms with E-state index in [1.54, 1.807) is 55.5 Å². The van der Waals surface area contributed by atoms with Crippen LogP contribution in [0.5, 0.6) is 5.75 Å². The molecule has 0 saturated carbocycles.